The Kier molecular flexibility index (Phi) is 5.85. The summed E-state index contributed by atoms with van der Waals surface area (Å²) in [7, 11) is 1.47. The molecule has 2 heterocycles. The monoisotopic (exact) mass is 417 g/mol. The van der Waals surface area contributed by atoms with Gasteiger partial charge in [0.2, 0.25) is 0 Å². The van der Waals surface area contributed by atoms with E-state index in [0.29, 0.717) is 0 Å². The normalized spacial score (nSPS) is 15.3. The summed E-state index contributed by atoms with van der Waals surface area (Å²) >= 11 is 0.772. The first-order valence-electron chi connectivity index (χ1n) is 8.26. The number of carbonyl (C=O) groups excluding carboxylic acids is 2. The number of thioether (sulfide) groups is 1. The number of hydrogen-bond donors (Lipinski definition) is 2. The van der Waals surface area contributed by atoms with E-state index in [-0.39, 0.29) is 46.3 Å². The molecule has 1 saturated heterocycles. The van der Waals surface area contributed by atoms with Crippen LogP contribution in [-0.2, 0) is 9.53 Å². The third kappa shape index (κ3) is 4.39. The van der Waals surface area contributed by atoms with Crippen LogP contribution in [-0.4, -0.2) is 58.5 Å². The Morgan fingerprint density at radius 3 is 2.38 bits per heavy atom. The minimum absolute atomic E-state index is 0.141. The number of methoxy groups -OCH3 is 1. The summed E-state index contributed by atoms with van der Waals surface area (Å²) in [6.07, 6.45) is 1.40. The molecule has 0 aliphatic carbocycles. The molecule has 1 aromatic carbocycles. The minimum atomic E-state index is -1.27. The largest absolute Gasteiger partial charge is 0.478 e. The molecule has 1 fully saturated rings. The van der Waals surface area contributed by atoms with Gasteiger partial charge in [0.25, 0.3) is 11.1 Å². The van der Waals surface area contributed by atoms with Crippen molar-refractivity contribution < 1.29 is 38.5 Å². The van der Waals surface area contributed by atoms with Gasteiger partial charge in [-0.25, -0.2) is 9.59 Å². The predicted octanol–water partition coefficient (Wildman–Crippen LogP) is 3.03. The maximum atomic E-state index is 12.3. The maximum Gasteiger partial charge on any atom is 0.335 e. The number of furan rings is 1. The fourth-order valence-electron chi connectivity index (χ4n) is 2.61. The van der Waals surface area contributed by atoms with Crippen molar-refractivity contribution in [2.24, 2.45) is 0 Å². The van der Waals surface area contributed by atoms with E-state index >= 15 is 0 Å². The number of nitrogens with zero attached hydrogens (tertiary/aromatic N) is 1. The molecule has 9 nitrogen and oxygen atoms in total. The van der Waals surface area contributed by atoms with Crippen LogP contribution in [0.5, 0.6) is 0 Å². The molecule has 0 bridgehead atoms. The Balaban J connectivity index is 1.89. The third-order valence-electron chi connectivity index (χ3n) is 4.00. The Labute approximate surface area is 168 Å². The van der Waals surface area contributed by atoms with Gasteiger partial charge in [-0.1, -0.05) is 0 Å². The number of rotatable bonds is 7. The highest BCUT2D eigenvalue weighted by Crippen LogP contribution is 2.33. The van der Waals surface area contributed by atoms with E-state index in [4.69, 9.17) is 9.15 Å². The summed E-state index contributed by atoms with van der Waals surface area (Å²) in [6.45, 7) is 0.365. The average Bonchev–Trinajstić information content (AvgIpc) is 3.25. The molecule has 3 rings (SSSR count). The lowest BCUT2D eigenvalue weighted by molar-refractivity contribution is -0.123. The van der Waals surface area contributed by atoms with Crippen LogP contribution in [0.4, 0.5) is 4.79 Å². The SMILES string of the molecule is COCCN1C(=O)S/C(=C/c2ccc(-c3cc(C(=O)O)cc(C(=O)O)c3)o2)C1=O. The second kappa shape index (κ2) is 8.33. The standard InChI is InChI=1S/C19H15NO8S/c1-27-5-4-20-16(21)15(29-19(20)26)9-13-2-3-14(28-13)10-6-11(17(22)23)8-12(7-10)18(24)25/h2-3,6-9H,4-5H2,1H3,(H,22,23)(H,24,25)/b15-9+. The van der Waals surface area contributed by atoms with Crippen LogP contribution in [0, 0.1) is 0 Å². The fraction of sp³-hybridized carbons (Fsp3) is 0.158. The zero-order chi connectivity index (χ0) is 21.1. The van der Waals surface area contributed by atoms with Crippen molar-refractivity contribution in [2.75, 3.05) is 20.3 Å². The molecule has 29 heavy (non-hydrogen) atoms. The molecule has 2 N–H and O–H groups in total. The van der Waals surface area contributed by atoms with Crippen LogP contribution in [0.15, 0.2) is 39.7 Å². The quantitative estimate of drug-likeness (QED) is 0.652. The topological polar surface area (TPSA) is 134 Å². The molecule has 0 spiro atoms. The van der Waals surface area contributed by atoms with Crippen LogP contribution in [0.2, 0.25) is 0 Å². The van der Waals surface area contributed by atoms with Gasteiger partial charge in [-0.3, -0.25) is 14.5 Å². The van der Waals surface area contributed by atoms with Crippen molar-refractivity contribution in [3.05, 3.63) is 52.1 Å². The highest BCUT2D eigenvalue weighted by Gasteiger charge is 2.34. The van der Waals surface area contributed by atoms with Gasteiger partial charge < -0.3 is 19.4 Å². The average molecular weight is 417 g/mol. The maximum absolute atomic E-state index is 12.3. The van der Waals surface area contributed by atoms with Gasteiger partial charge >= 0.3 is 11.9 Å². The van der Waals surface area contributed by atoms with Crippen molar-refractivity contribution in [2.45, 2.75) is 0 Å². The summed E-state index contributed by atoms with van der Waals surface area (Å²) in [5.74, 6) is -2.52. The van der Waals surface area contributed by atoms with E-state index in [1.165, 1.54) is 37.5 Å². The van der Waals surface area contributed by atoms with E-state index < -0.39 is 23.1 Å². The molecule has 150 valence electrons. The number of amides is 2. The number of benzene rings is 1. The van der Waals surface area contributed by atoms with Crippen LogP contribution in [0.3, 0.4) is 0 Å². The van der Waals surface area contributed by atoms with E-state index in [9.17, 15) is 29.4 Å². The summed E-state index contributed by atoms with van der Waals surface area (Å²) < 4.78 is 10.5. The number of carboxylic acids is 2. The number of carbonyl (C=O) groups is 4. The van der Waals surface area contributed by atoms with Crippen molar-refractivity contribution in [1.29, 1.82) is 0 Å². The van der Waals surface area contributed by atoms with E-state index in [0.717, 1.165) is 22.7 Å². The molecule has 0 saturated carbocycles. The predicted molar refractivity (Wildman–Crippen MR) is 103 cm³/mol. The smallest absolute Gasteiger partial charge is 0.335 e. The van der Waals surface area contributed by atoms with E-state index in [1.807, 2.05) is 0 Å². The highest BCUT2D eigenvalue weighted by atomic mass is 32.2. The molecule has 0 radical (unpaired) electrons. The molecule has 1 aliphatic heterocycles. The lowest BCUT2D eigenvalue weighted by atomic mass is 10.0. The summed E-state index contributed by atoms with van der Waals surface area (Å²) in [6, 6.07) is 6.68. The van der Waals surface area contributed by atoms with Gasteiger partial charge in [0, 0.05) is 18.7 Å². The Morgan fingerprint density at radius 2 is 1.79 bits per heavy atom. The highest BCUT2D eigenvalue weighted by molar-refractivity contribution is 8.18. The van der Waals surface area contributed by atoms with Crippen LogP contribution in [0.25, 0.3) is 17.4 Å². The number of hydrogen-bond acceptors (Lipinski definition) is 7. The van der Waals surface area contributed by atoms with Crippen molar-refractivity contribution >= 4 is 40.9 Å². The van der Waals surface area contributed by atoms with Crippen LogP contribution >= 0.6 is 11.8 Å². The first kappa shape index (κ1) is 20.4. The van der Waals surface area contributed by atoms with Gasteiger partial charge in [0.05, 0.1) is 29.2 Å². The lowest BCUT2D eigenvalue weighted by Gasteiger charge is -2.10. The van der Waals surface area contributed by atoms with E-state index in [1.54, 1.807) is 0 Å². The Bertz CT molecular complexity index is 1010. The van der Waals surface area contributed by atoms with Gasteiger partial charge in [-0.05, 0) is 42.1 Å². The molecule has 0 atom stereocenters. The molecule has 2 amide bonds. The second-order valence-corrected chi connectivity index (χ2v) is 6.93. The first-order chi connectivity index (χ1) is 13.8. The number of imide groups is 1. The molecule has 1 aromatic heterocycles. The number of ether oxygens (including phenoxy) is 1. The van der Waals surface area contributed by atoms with Crippen molar-refractivity contribution in [1.82, 2.24) is 4.90 Å². The third-order valence-corrected chi connectivity index (χ3v) is 4.91. The Hall–Kier alpha value is -3.37. The zero-order valence-electron chi connectivity index (χ0n) is 15.1. The number of carboxylic acid groups (broad SMARTS) is 2. The lowest BCUT2D eigenvalue weighted by Crippen LogP contribution is -2.31. The van der Waals surface area contributed by atoms with Gasteiger partial charge in [-0.2, -0.15) is 0 Å². The second-order valence-electron chi connectivity index (χ2n) is 5.94. The summed E-state index contributed by atoms with van der Waals surface area (Å²) in [4.78, 5) is 48.0. The van der Waals surface area contributed by atoms with Gasteiger partial charge in [0.1, 0.15) is 11.5 Å². The molecular weight excluding hydrogens is 402 g/mol. The van der Waals surface area contributed by atoms with Gasteiger partial charge in [-0.15, -0.1) is 0 Å². The molecule has 2 aromatic rings. The minimum Gasteiger partial charge on any atom is -0.478 e. The van der Waals surface area contributed by atoms with Gasteiger partial charge in [0.15, 0.2) is 0 Å². The molecule has 0 unspecified atom stereocenters. The van der Waals surface area contributed by atoms with Crippen LogP contribution in [0.1, 0.15) is 26.5 Å². The first-order valence-corrected chi connectivity index (χ1v) is 9.08. The molecule has 10 heteroatoms. The Morgan fingerprint density at radius 1 is 1.14 bits per heavy atom. The molecule has 1 aliphatic rings. The number of aromatic carboxylic acids is 2. The van der Waals surface area contributed by atoms with E-state index in [2.05, 4.69) is 0 Å². The van der Waals surface area contributed by atoms with Crippen LogP contribution < -0.4 is 0 Å². The van der Waals surface area contributed by atoms with Crippen molar-refractivity contribution in [3.63, 3.8) is 0 Å². The molecular formula is C19H15NO8S. The zero-order valence-corrected chi connectivity index (χ0v) is 15.9. The van der Waals surface area contributed by atoms with Crippen molar-refractivity contribution in [3.8, 4) is 11.3 Å². The fourth-order valence-corrected chi connectivity index (χ4v) is 3.45. The summed E-state index contributed by atoms with van der Waals surface area (Å²) in [5, 5.41) is 17.9. The summed E-state index contributed by atoms with van der Waals surface area (Å²) in [5.41, 5.74) is -0.135.